The molecule has 0 heterocycles. The molecule has 0 saturated carbocycles. The van der Waals surface area contributed by atoms with Crippen LogP contribution in [0.3, 0.4) is 0 Å². The average Bonchev–Trinajstić information content (AvgIpc) is 2.30. The van der Waals surface area contributed by atoms with Crippen LogP contribution in [0.15, 0.2) is 18.2 Å². The van der Waals surface area contributed by atoms with Gasteiger partial charge in [0.1, 0.15) is 0 Å². The van der Waals surface area contributed by atoms with E-state index in [4.69, 9.17) is 0 Å². The highest BCUT2D eigenvalue weighted by atomic mass is 15.1. The van der Waals surface area contributed by atoms with Crippen LogP contribution in [-0.2, 0) is 0 Å². The molecule has 0 spiro atoms. The van der Waals surface area contributed by atoms with Gasteiger partial charge in [-0.1, -0.05) is 32.0 Å². The number of hydrogen-bond donors (Lipinski definition) is 1. The van der Waals surface area contributed by atoms with Crippen molar-refractivity contribution < 1.29 is 0 Å². The lowest BCUT2D eigenvalue weighted by atomic mass is 9.99. The summed E-state index contributed by atoms with van der Waals surface area (Å²) in [5, 5.41) is 3.80. The van der Waals surface area contributed by atoms with E-state index in [0.717, 1.165) is 12.5 Å². The van der Waals surface area contributed by atoms with Gasteiger partial charge in [0.15, 0.2) is 0 Å². The van der Waals surface area contributed by atoms with Crippen LogP contribution in [0.5, 0.6) is 0 Å². The van der Waals surface area contributed by atoms with Gasteiger partial charge < -0.3 is 10.2 Å². The molecule has 1 aromatic carbocycles. The third-order valence-electron chi connectivity index (χ3n) is 3.86. The van der Waals surface area contributed by atoms with Crippen molar-refractivity contribution in [3.63, 3.8) is 0 Å². The van der Waals surface area contributed by atoms with Gasteiger partial charge in [0, 0.05) is 18.6 Å². The van der Waals surface area contributed by atoms with Crippen LogP contribution in [0, 0.1) is 19.8 Å². The minimum Gasteiger partial charge on any atom is -0.308 e. The van der Waals surface area contributed by atoms with Crippen molar-refractivity contribution in [3.8, 4) is 0 Å². The Bertz CT molecular complexity index is 400. The standard InChI is InChI=1S/C18H32N2/c1-13(2)10-18(12-20(6)7)19-16(5)17-9-8-14(3)15(4)11-17/h8-9,11,13,16,18-19H,10,12H2,1-7H3. The summed E-state index contributed by atoms with van der Waals surface area (Å²) in [5.74, 6) is 0.722. The Morgan fingerprint density at radius 3 is 2.20 bits per heavy atom. The summed E-state index contributed by atoms with van der Waals surface area (Å²) >= 11 is 0. The van der Waals surface area contributed by atoms with E-state index in [1.807, 2.05) is 0 Å². The van der Waals surface area contributed by atoms with Crippen LogP contribution in [-0.4, -0.2) is 31.6 Å². The molecule has 2 atom stereocenters. The predicted molar refractivity (Wildman–Crippen MR) is 89.3 cm³/mol. The fourth-order valence-corrected chi connectivity index (χ4v) is 2.69. The summed E-state index contributed by atoms with van der Waals surface area (Å²) in [6.45, 7) is 12.3. The Hall–Kier alpha value is -0.860. The first-order valence-corrected chi connectivity index (χ1v) is 7.77. The van der Waals surface area contributed by atoms with Crippen LogP contribution in [0.25, 0.3) is 0 Å². The summed E-state index contributed by atoms with van der Waals surface area (Å²) in [4.78, 5) is 2.27. The summed E-state index contributed by atoms with van der Waals surface area (Å²) in [7, 11) is 4.30. The summed E-state index contributed by atoms with van der Waals surface area (Å²) in [6, 6.07) is 7.74. The van der Waals surface area contributed by atoms with E-state index in [2.05, 4.69) is 77.1 Å². The van der Waals surface area contributed by atoms with Crippen LogP contribution >= 0.6 is 0 Å². The molecule has 0 aliphatic carbocycles. The smallest absolute Gasteiger partial charge is 0.0294 e. The quantitative estimate of drug-likeness (QED) is 0.811. The number of likely N-dealkylation sites (N-methyl/N-ethyl adjacent to an activating group) is 1. The normalized spacial score (nSPS) is 14.8. The van der Waals surface area contributed by atoms with Crippen LogP contribution in [0.1, 0.15) is 49.9 Å². The highest BCUT2D eigenvalue weighted by molar-refractivity contribution is 5.31. The first-order chi connectivity index (χ1) is 9.29. The number of rotatable bonds is 7. The lowest BCUT2D eigenvalue weighted by Gasteiger charge is -2.28. The van der Waals surface area contributed by atoms with E-state index in [-0.39, 0.29) is 0 Å². The van der Waals surface area contributed by atoms with Crippen molar-refractivity contribution in [1.29, 1.82) is 0 Å². The Balaban J connectivity index is 2.73. The number of nitrogens with zero attached hydrogens (tertiary/aromatic N) is 1. The third kappa shape index (κ3) is 5.64. The van der Waals surface area contributed by atoms with Crippen molar-refractivity contribution in [3.05, 3.63) is 34.9 Å². The number of nitrogens with one attached hydrogen (secondary N) is 1. The van der Waals surface area contributed by atoms with Crippen molar-refractivity contribution in [2.24, 2.45) is 5.92 Å². The van der Waals surface area contributed by atoms with E-state index in [0.29, 0.717) is 12.1 Å². The summed E-state index contributed by atoms with van der Waals surface area (Å²) in [5.41, 5.74) is 4.14. The maximum absolute atomic E-state index is 3.80. The molecule has 0 saturated heterocycles. The first-order valence-electron chi connectivity index (χ1n) is 7.77. The maximum atomic E-state index is 3.80. The van der Waals surface area contributed by atoms with E-state index in [9.17, 15) is 0 Å². The Labute approximate surface area is 125 Å². The molecule has 0 aliphatic heterocycles. The zero-order valence-electron chi connectivity index (χ0n) is 14.3. The van der Waals surface area contributed by atoms with Gasteiger partial charge in [0.25, 0.3) is 0 Å². The third-order valence-corrected chi connectivity index (χ3v) is 3.86. The Kier molecular flexibility index (Phi) is 6.70. The van der Waals surface area contributed by atoms with Gasteiger partial charge in [0.05, 0.1) is 0 Å². The molecule has 0 radical (unpaired) electrons. The molecule has 1 N–H and O–H groups in total. The molecule has 0 bridgehead atoms. The topological polar surface area (TPSA) is 15.3 Å². The molecule has 1 rings (SSSR count). The SMILES string of the molecule is Cc1ccc(C(C)NC(CC(C)C)CN(C)C)cc1C. The number of aryl methyl sites for hydroxylation is 2. The fraction of sp³-hybridized carbons (Fsp3) is 0.667. The highest BCUT2D eigenvalue weighted by Gasteiger charge is 2.16. The molecule has 2 nitrogen and oxygen atoms in total. The van der Waals surface area contributed by atoms with Crippen LogP contribution < -0.4 is 5.32 Å². The molecule has 0 fully saturated rings. The molecule has 0 amide bonds. The molecule has 114 valence electrons. The van der Waals surface area contributed by atoms with Crippen molar-refractivity contribution >= 4 is 0 Å². The second-order valence-corrected chi connectivity index (χ2v) is 6.82. The Morgan fingerprint density at radius 1 is 1.05 bits per heavy atom. The molecule has 0 aromatic heterocycles. The zero-order chi connectivity index (χ0) is 15.3. The van der Waals surface area contributed by atoms with Crippen LogP contribution in [0.4, 0.5) is 0 Å². The Morgan fingerprint density at radius 2 is 1.70 bits per heavy atom. The summed E-state index contributed by atoms with van der Waals surface area (Å²) < 4.78 is 0. The minimum atomic E-state index is 0.401. The van der Waals surface area contributed by atoms with E-state index in [1.165, 1.54) is 23.1 Å². The van der Waals surface area contributed by atoms with E-state index < -0.39 is 0 Å². The number of benzene rings is 1. The van der Waals surface area contributed by atoms with Gasteiger partial charge in [-0.3, -0.25) is 0 Å². The van der Waals surface area contributed by atoms with Crippen LogP contribution in [0.2, 0.25) is 0 Å². The van der Waals surface area contributed by atoms with Gasteiger partial charge >= 0.3 is 0 Å². The predicted octanol–water partition coefficient (Wildman–Crippen LogP) is 3.93. The lowest BCUT2D eigenvalue weighted by molar-refractivity contribution is 0.291. The van der Waals surface area contributed by atoms with Gasteiger partial charge in [-0.25, -0.2) is 0 Å². The largest absolute Gasteiger partial charge is 0.308 e. The highest BCUT2D eigenvalue weighted by Crippen LogP contribution is 2.18. The van der Waals surface area contributed by atoms with Gasteiger partial charge in [-0.05, 0) is 63.9 Å². The number of hydrogen-bond acceptors (Lipinski definition) is 2. The monoisotopic (exact) mass is 276 g/mol. The van der Waals surface area contributed by atoms with Gasteiger partial charge in [-0.2, -0.15) is 0 Å². The van der Waals surface area contributed by atoms with Gasteiger partial charge in [0.2, 0.25) is 0 Å². The fourth-order valence-electron chi connectivity index (χ4n) is 2.69. The average molecular weight is 276 g/mol. The van der Waals surface area contributed by atoms with Gasteiger partial charge in [-0.15, -0.1) is 0 Å². The molecule has 2 heteroatoms. The zero-order valence-corrected chi connectivity index (χ0v) is 14.3. The molecular weight excluding hydrogens is 244 g/mol. The lowest BCUT2D eigenvalue weighted by Crippen LogP contribution is -2.40. The second-order valence-electron chi connectivity index (χ2n) is 6.82. The molecule has 20 heavy (non-hydrogen) atoms. The van der Waals surface area contributed by atoms with Crippen molar-refractivity contribution in [2.45, 2.75) is 53.1 Å². The van der Waals surface area contributed by atoms with E-state index in [1.54, 1.807) is 0 Å². The first kappa shape index (κ1) is 17.2. The maximum Gasteiger partial charge on any atom is 0.0294 e. The molecule has 0 aliphatic rings. The molecule has 1 aromatic rings. The summed E-state index contributed by atoms with van der Waals surface area (Å²) in [6.07, 6.45) is 1.22. The minimum absolute atomic E-state index is 0.401. The molecule has 2 unspecified atom stereocenters. The second kappa shape index (κ2) is 7.80. The van der Waals surface area contributed by atoms with Crippen molar-refractivity contribution in [2.75, 3.05) is 20.6 Å². The van der Waals surface area contributed by atoms with Crippen molar-refractivity contribution in [1.82, 2.24) is 10.2 Å². The van der Waals surface area contributed by atoms with E-state index >= 15 is 0 Å². The molecular formula is C18H32N2.